The Morgan fingerprint density at radius 2 is 1.88 bits per heavy atom. The van der Waals surface area contributed by atoms with E-state index in [1.54, 1.807) is 24.3 Å². The largest absolute Gasteiger partial charge is 0.502 e. The van der Waals surface area contributed by atoms with Crippen LogP contribution in [0.25, 0.3) is 6.08 Å². The van der Waals surface area contributed by atoms with E-state index < -0.39 is 27.5 Å². The number of nitro benzene ring substituents is 1. The smallest absolute Gasteiger partial charge is 0.311 e. The first kappa shape index (κ1) is 18.0. The molecular weight excluding hydrogens is 380 g/mol. The number of para-hydroxylation sites is 1. The van der Waals surface area contributed by atoms with Crippen molar-refractivity contribution in [1.29, 1.82) is 0 Å². The molecule has 3 rings (SSSR count). The lowest BCUT2D eigenvalue weighted by atomic mass is 10.1. The number of amides is 2. The monoisotopic (exact) mass is 390 g/mol. The number of hydrogen-bond donors (Lipinski definition) is 1. The van der Waals surface area contributed by atoms with Gasteiger partial charge < -0.3 is 5.11 Å². The van der Waals surface area contributed by atoms with E-state index in [1.165, 1.54) is 18.2 Å². The molecule has 2 aromatic carbocycles. The van der Waals surface area contributed by atoms with E-state index in [9.17, 15) is 24.8 Å². The van der Waals surface area contributed by atoms with Crippen LogP contribution in [0.3, 0.4) is 0 Å². The van der Waals surface area contributed by atoms with Crippen molar-refractivity contribution >= 4 is 46.3 Å². The SMILES string of the molecule is O=C1S/C(=C/c2cccc([N+](=O)[O-])c2O)C(=O)N1Cc1ccc(Cl)cc1. The molecule has 1 aliphatic rings. The van der Waals surface area contributed by atoms with E-state index in [2.05, 4.69) is 0 Å². The number of nitro groups is 1. The van der Waals surface area contributed by atoms with Gasteiger partial charge in [-0.15, -0.1) is 0 Å². The number of thioether (sulfide) groups is 1. The summed E-state index contributed by atoms with van der Waals surface area (Å²) in [7, 11) is 0. The van der Waals surface area contributed by atoms with Crippen molar-refractivity contribution < 1.29 is 19.6 Å². The van der Waals surface area contributed by atoms with Crippen LogP contribution in [0.1, 0.15) is 11.1 Å². The zero-order chi connectivity index (χ0) is 18.8. The summed E-state index contributed by atoms with van der Waals surface area (Å²) in [5.74, 6) is -1.08. The summed E-state index contributed by atoms with van der Waals surface area (Å²) < 4.78 is 0. The molecule has 1 N–H and O–H groups in total. The lowest BCUT2D eigenvalue weighted by Gasteiger charge is -2.12. The average molecular weight is 391 g/mol. The number of phenolic OH excluding ortho intramolecular Hbond substituents is 1. The number of phenols is 1. The van der Waals surface area contributed by atoms with Gasteiger partial charge in [-0.3, -0.25) is 24.6 Å². The summed E-state index contributed by atoms with van der Waals surface area (Å²) in [6.45, 7) is 0.0834. The molecule has 1 fully saturated rings. The van der Waals surface area contributed by atoms with Crippen LogP contribution in [0, 0.1) is 10.1 Å². The van der Waals surface area contributed by atoms with E-state index in [-0.39, 0.29) is 17.0 Å². The van der Waals surface area contributed by atoms with Gasteiger partial charge in [0.05, 0.1) is 16.4 Å². The minimum Gasteiger partial charge on any atom is -0.502 e. The van der Waals surface area contributed by atoms with Crippen LogP contribution in [0.4, 0.5) is 10.5 Å². The molecule has 2 amide bonds. The molecule has 132 valence electrons. The van der Waals surface area contributed by atoms with Gasteiger partial charge in [-0.1, -0.05) is 35.9 Å². The molecule has 1 heterocycles. The Morgan fingerprint density at radius 1 is 1.19 bits per heavy atom. The summed E-state index contributed by atoms with van der Waals surface area (Å²) in [4.78, 5) is 36.0. The zero-order valence-electron chi connectivity index (χ0n) is 13.1. The number of benzene rings is 2. The molecule has 0 aliphatic carbocycles. The molecule has 2 aromatic rings. The third-order valence-corrected chi connectivity index (χ3v) is 4.82. The first-order valence-corrected chi connectivity index (χ1v) is 8.52. The number of imide groups is 1. The number of aromatic hydroxyl groups is 1. The minimum atomic E-state index is -0.723. The van der Waals surface area contributed by atoms with Gasteiger partial charge in [-0.2, -0.15) is 0 Å². The van der Waals surface area contributed by atoms with Crippen LogP contribution in [0.15, 0.2) is 47.4 Å². The Balaban J connectivity index is 1.87. The maximum absolute atomic E-state index is 12.5. The van der Waals surface area contributed by atoms with E-state index in [0.717, 1.165) is 16.5 Å². The van der Waals surface area contributed by atoms with Gasteiger partial charge in [0, 0.05) is 16.7 Å². The molecule has 1 saturated heterocycles. The Kier molecular flexibility index (Phi) is 4.97. The van der Waals surface area contributed by atoms with E-state index in [1.807, 2.05) is 0 Å². The van der Waals surface area contributed by atoms with Crippen molar-refractivity contribution in [3.63, 3.8) is 0 Å². The summed E-state index contributed by atoms with van der Waals surface area (Å²) in [5, 5.41) is 21.0. The van der Waals surface area contributed by atoms with Gasteiger partial charge in [0.15, 0.2) is 0 Å². The highest BCUT2D eigenvalue weighted by Gasteiger charge is 2.35. The Bertz CT molecular complexity index is 943. The predicted molar refractivity (Wildman–Crippen MR) is 97.7 cm³/mol. The molecule has 0 bridgehead atoms. The maximum atomic E-state index is 12.5. The van der Waals surface area contributed by atoms with Crippen LogP contribution in [-0.2, 0) is 11.3 Å². The Hall–Kier alpha value is -2.84. The van der Waals surface area contributed by atoms with E-state index in [0.29, 0.717) is 16.8 Å². The van der Waals surface area contributed by atoms with Gasteiger partial charge >= 0.3 is 5.69 Å². The van der Waals surface area contributed by atoms with Gasteiger partial charge in [0.1, 0.15) is 0 Å². The molecule has 7 nitrogen and oxygen atoms in total. The van der Waals surface area contributed by atoms with Crippen LogP contribution >= 0.6 is 23.4 Å². The molecule has 0 aromatic heterocycles. The topological polar surface area (TPSA) is 101 Å². The number of rotatable bonds is 4. The number of hydrogen-bond acceptors (Lipinski definition) is 6. The Labute approximate surface area is 157 Å². The van der Waals surface area contributed by atoms with E-state index in [4.69, 9.17) is 11.6 Å². The molecule has 26 heavy (non-hydrogen) atoms. The summed E-state index contributed by atoms with van der Waals surface area (Å²) in [5.41, 5.74) is 0.353. The number of carbonyl (C=O) groups excluding carboxylic acids is 2. The van der Waals surface area contributed by atoms with Crippen molar-refractivity contribution in [2.75, 3.05) is 0 Å². The molecule has 0 unspecified atom stereocenters. The highest BCUT2D eigenvalue weighted by Crippen LogP contribution is 2.37. The molecule has 0 atom stereocenters. The highest BCUT2D eigenvalue weighted by atomic mass is 35.5. The quantitative estimate of drug-likeness (QED) is 0.477. The maximum Gasteiger partial charge on any atom is 0.311 e. The number of carbonyl (C=O) groups is 2. The van der Waals surface area contributed by atoms with Gasteiger partial charge in [-0.05, 0) is 35.5 Å². The summed E-state index contributed by atoms with van der Waals surface area (Å²) >= 11 is 6.53. The van der Waals surface area contributed by atoms with Gasteiger partial charge in [0.25, 0.3) is 11.1 Å². The highest BCUT2D eigenvalue weighted by molar-refractivity contribution is 8.18. The second kappa shape index (κ2) is 7.19. The third-order valence-electron chi connectivity index (χ3n) is 3.66. The molecule has 0 radical (unpaired) electrons. The molecular formula is C17H11ClN2O5S. The lowest BCUT2D eigenvalue weighted by Crippen LogP contribution is -2.27. The van der Waals surface area contributed by atoms with Crippen LogP contribution < -0.4 is 0 Å². The number of nitrogens with zero attached hydrogens (tertiary/aromatic N) is 2. The van der Waals surface area contributed by atoms with E-state index >= 15 is 0 Å². The van der Waals surface area contributed by atoms with Crippen LogP contribution in [0.2, 0.25) is 5.02 Å². The Morgan fingerprint density at radius 3 is 2.54 bits per heavy atom. The van der Waals surface area contributed by atoms with Crippen molar-refractivity contribution in [3.05, 3.63) is 73.6 Å². The molecule has 1 aliphatic heterocycles. The summed E-state index contributed by atoms with van der Waals surface area (Å²) in [6.07, 6.45) is 1.27. The lowest BCUT2D eigenvalue weighted by molar-refractivity contribution is -0.385. The normalized spacial score (nSPS) is 15.7. The zero-order valence-corrected chi connectivity index (χ0v) is 14.7. The fourth-order valence-electron chi connectivity index (χ4n) is 2.36. The second-order valence-electron chi connectivity index (χ2n) is 5.37. The predicted octanol–water partition coefficient (Wildman–Crippen LogP) is 4.19. The van der Waals surface area contributed by atoms with Crippen molar-refractivity contribution in [2.45, 2.75) is 6.54 Å². The molecule has 9 heteroatoms. The third kappa shape index (κ3) is 3.56. The van der Waals surface area contributed by atoms with Crippen LogP contribution in [-0.4, -0.2) is 26.1 Å². The fourth-order valence-corrected chi connectivity index (χ4v) is 3.32. The molecule has 0 spiro atoms. The number of halogens is 1. The summed E-state index contributed by atoms with van der Waals surface area (Å²) in [6, 6.07) is 10.7. The first-order valence-electron chi connectivity index (χ1n) is 7.33. The van der Waals surface area contributed by atoms with Gasteiger partial charge in [-0.25, -0.2) is 0 Å². The molecule has 0 saturated carbocycles. The van der Waals surface area contributed by atoms with Crippen molar-refractivity contribution in [2.24, 2.45) is 0 Å². The van der Waals surface area contributed by atoms with Crippen LogP contribution in [0.5, 0.6) is 5.75 Å². The van der Waals surface area contributed by atoms with Gasteiger partial charge in [0.2, 0.25) is 5.75 Å². The fraction of sp³-hybridized carbons (Fsp3) is 0.0588. The van der Waals surface area contributed by atoms with Crippen molar-refractivity contribution in [1.82, 2.24) is 4.90 Å². The first-order chi connectivity index (χ1) is 12.4. The van der Waals surface area contributed by atoms with Crippen molar-refractivity contribution in [3.8, 4) is 5.75 Å². The minimum absolute atomic E-state index is 0.0831. The average Bonchev–Trinajstić information content (AvgIpc) is 2.86. The second-order valence-corrected chi connectivity index (χ2v) is 6.80. The standard InChI is InChI=1S/C17H11ClN2O5S/c18-12-6-4-10(5-7-12)9-19-16(22)14(26-17(19)23)8-11-2-1-3-13(15(11)21)20(24)25/h1-8,21H,9H2/b14-8+.